The molecule has 1 aromatic carbocycles. The minimum absolute atomic E-state index is 0. The van der Waals surface area contributed by atoms with Crippen molar-refractivity contribution in [3.8, 4) is 5.75 Å². The Morgan fingerprint density at radius 3 is 2.55 bits per heavy atom. The molecule has 0 bridgehead atoms. The van der Waals surface area contributed by atoms with Crippen molar-refractivity contribution >= 4 is 35.3 Å². The third-order valence-electron chi connectivity index (χ3n) is 3.17. The Balaban J connectivity index is 0.00000242. The van der Waals surface area contributed by atoms with E-state index in [2.05, 4.69) is 0 Å². The molecular formula is C16H21ClN2O2S. The van der Waals surface area contributed by atoms with Gasteiger partial charge in [-0.2, -0.15) is 0 Å². The van der Waals surface area contributed by atoms with Crippen LogP contribution in [-0.2, 0) is 11.3 Å². The number of anilines is 1. The van der Waals surface area contributed by atoms with Gasteiger partial charge in [0.15, 0.2) is 0 Å². The lowest BCUT2D eigenvalue weighted by molar-refractivity contribution is -0.118. The van der Waals surface area contributed by atoms with Crippen LogP contribution < -0.4 is 15.4 Å². The summed E-state index contributed by atoms with van der Waals surface area (Å²) in [5, 5.41) is 2.02. The van der Waals surface area contributed by atoms with Gasteiger partial charge in [-0.3, -0.25) is 4.79 Å². The van der Waals surface area contributed by atoms with Crippen LogP contribution in [0.15, 0.2) is 41.8 Å². The van der Waals surface area contributed by atoms with E-state index in [-0.39, 0.29) is 18.3 Å². The highest BCUT2D eigenvalue weighted by Gasteiger charge is 2.16. The number of methoxy groups -OCH3 is 1. The topological polar surface area (TPSA) is 55.6 Å². The monoisotopic (exact) mass is 340 g/mol. The van der Waals surface area contributed by atoms with Crippen LogP contribution in [0.5, 0.6) is 5.75 Å². The molecule has 0 saturated carbocycles. The maximum Gasteiger partial charge on any atom is 0.227 e. The number of benzene rings is 1. The maximum absolute atomic E-state index is 12.4. The van der Waals surface area contributed by atoms with Crippen molar-refractivity contribution in [2.75, 3.05) is 18.6 Å². The van der Waals surface area contributed by atoms with Gasteiger partial charge >= 0.3 is 0 Å². The Morgan fingerprint density at radius 1 is 1.27 bits per heavy atom. The first-order chi connectivity index (χ1) is 10.2. The van der Waals surface area contributed by atoms with Gasteiger partial charge in [0, 0.05) is 17.0 Å². The van der Waals surface area contributed by atoms with E-state index < -0.39 is 0 Å². The molecule has 2 aromatic rings. The number of thiophene rings is 1. The van der Waals surface area contributed by atoms with Gasteiger partial charge in [-0.25, -0.2) is 0 Å². The molecule has 0 atom stereocenters. The zero-order chi connectivity index (χ0) is 15.1. The van der Waals surface area contributed by atoms with Gasteiger partial charge < -0.3 is 15.4 Å². The number of hydrogen-bond acceptors (Lipinski definition) is 4. The van der Waals surface area contributed by atoms with E-state index in [9.17, 15) is 4.79 Å². The number of nitrogens with two attached hydrogens (primary N) is 1. The predicted molar refractivity (Wildman–Crippen MR) is 94.0 cm³/mol. The number of halogens is 1. The average molecular weight is 341 g/mol. The summed E-state index contributed by atoms with van der Waals surface area (Å²) in [6.45, 7) is 1.12. The molecule has 0 aliphatic carbocycles. The molecule has 2 N–H and O–H groups in total. The lowest BCUT2D eigenvalue weighted by Gasteiger charge is -2.22. The highest BCUT2D eigenvalue weighted by atomic mass is 35.5. The van der Waals surface area contributed by atoms with Crippen LogP contribution in [0.25, 0.3) is 0 Å². The highest BCUT2D eigenvalue weighted by Crippen LogP contribution is 2.23. The predicted octanol–water partition coefficient (Wildman–Crippen LogP) is 3.45. The Morgan fingerprint density at radius 2 is 2.00 bits per heavy atom. The van der Waals surface area contributed by atoms with E-state index in [4.69, 9.17) is 10.5 Å². The van der Waals surface area contributed by atoms with Crippen LogP contribution in [0.1, 0.15) is 17.7 Å². The van der Waals surface area contributed by atoms with Crippen molar-refractivity contribution in [3.05, 3.63) is 46.7 Å². The van der Waals surface area contributed by atoms with Crippen molar-refractivity contribution in [2.45, 2.75) is 19.4 Å². The van der Waals surface area contributed by atoms with E-state index in [1.54, 1.807) is 23.3 Å². The molecule has 1 aromatic heterocycles. The van der Waals surface area contributed by atoms with E-state index in [1.165, 1.54) is 0 Å². The molecule has 0 spiro atoms. The summed E-state index contributed by atoms with van der Waals surface area (Å²) in [5.41, 5.74) is 6.39. The average Bonchev–Trinajstić information content (AvgIpc) is 3.03. The molecule has 4 nitrogen and oxygen atoms in total. The standard InChI is InChI=1S/C16H20N2O2S.ClH/c1-20-14-8-6-13(7-9-14)18(16(19)5-2-10-17)12-15-4-3-11-21-15;/h3-4,6-9,11H,2,5,10,12,17H2,1H3;1H. The molecule has 22 heavy (non-hydrogen) atoms. The molecule has 0 unspecified atom stereocenters. The fraction of sp³-hybridized carbons (Fsp3) is 0.312. The third-order valence-corrected chi connectivity index (χ3v) is 4.04. The maximum atomic E-state index is 12.4. The summed E-state index contributed by atoms with van der Waals surface area (Å²) < 4.78 is 5.16. The minimum atomic E-state index is 0. The smallest absolute Gasteiger partial charge is 0.227 e. The van der Waals surface area contributed by atoms with Crippen LogP contribution in [0.4, 0.5) is 5.69 Å². The zero-order valence-electron chi connectivity index (χ0n) is 12.5. The SMILES string of the molecule is COc1ccc(N(Cc2cccs2)C(=O)CCCN)cc1.Cl. The molecule has 1 heterocycles. The largest absolute Gasteiger partial charge is 0.497 e. The van der Waals surface area contributed by atoms with E-state index >= 15 is 0 Å². The molecule has 0 fully saturated rings. The Hall–Kier alpha value is -1.56. The van der Waals surface area contributed by atoms with Crippen LogP contribution in [-0.4, -0.2) is 19.6 Å². The van der Waals surface area contributed by atoms with E-state index in [0.29, 0.717) is 25.9 Å². The highest BCUT2D eigenvalue weighted by molar-refractivity contribution is 7.09. The lowest BCUT2D eigenvalue weighted by atomic mass is 10.2. The summed E-state index contributed by atoms with van der Waals surface area (Å²) in [6.07, 6.45) is 1.17. The lowest BCUT2D eigenvalue weighted by Crippen LogP contribution is -2.30. The molecule has 1 amide bonds. The number of amides is 1. The van der Waals surface area contributed by atoms with Gasteiger partial charge in [-0.15, -0.1) is 23.7 Å². The molecule has 0 radical (unpaired) electrons. The fourth-order valence-electron chi connectivity index (χ4n) is 2.03. The number of carbonyl (C=O) groups is 1. The van der Waals surface area contributed by atoms with Gasteiger partial charge in [-0.1, -0.05) is 6.07 Å². The summed E-state index contributed by atoms with van der Waals surface area (Å²) in [7, 11) is 1.63. The second-order valence-corrected chi connectivity index (χ2v) is 5.68. The molecule has 0 aliphatic heterocycles. The van der Waals surface area contributed by atoms with Gasteiger partial charge in [0.1, 0.15) is 5.75 Å². The van der Waals surface area contributed by atoms with Crippen molar-refractivity contribution in [2.24, 2.45) is 5.73 Å². The number of rotatable bonds is 7. The van der Waals surface area contributed by atoms with Crippen LogP contribution in [0.2, 0.25) is 0 Å². The second-order valence-electron chi connectivity index (χ2n) is 4.65. The van der Waals surface area contributed by atoms with Gasteiger partial charge in [0.05, 0.1) is 13.7 Å². The quantitative estimate of drug-likeness (QED) is 0.839. The molecular weight excluding hydrogens is 320 g/mol. The molecule has 120 valence electrons. The second kappa shape index (κ2) is 9.46. The first-order valence-corrected chi connectivity index (χ1v) is 7.79. The molecule has 2 rings (SSSR count). The van der Waals surface area contributed by atoms with Crippen molar-refractivity contribution < 1.29 is 9.53 Å². The molecule has 0 saturated heterocycles. The number of carbonyl (C=O) groups excluding carboxylic acids is 1. The van der Waals surface area contributed by atoms with Gasteiger partial charge in [0.2, 0.25) is 5.91 Å². The van der Waals surface area contributed by atoms with Crippen LogP contribution in [0.3, 0.4) is 0 Å². The van der Waals surface area contributed by atoms with Gasteiger partial charge in [0.25, 0.3) is 0 Å². The Kier molecular flexibility index (Phi) is 7.95. The summed E-state index contributed by atoms with van der Waals surface area (Å²) in [4.78, 5) is 15.4. The van der Waals surface area contributed by atoms with Crippen LogP contribution >= 0.6 is 23.7 Å². The summed E-state index contributed by atoms with van der Waals surface area (Å²) >= 11 is 1.65. The van der Waals surface area contributed by atoms with Gasteiger partial charge in [-0.05, 0) is 48.7 Å². The normalized spacial score (nSPS) is 9.91. The molecule has 0 aliphatic rings. The summed E-state index contributed by atoms with van der Waals surface area (Å²) in [6, 6.07) is 11.6. The first kappa shape index (κ1) is 18.5. The van der Waals surface area contributed by atoms with E-state index in [0.717, 1.165) is 16.3 Å². The molecule has 6 heteroatoms. The summed E-state index contributed by atoms with van der Waals surface area (Å²) in [5.74, 6) is 0.878. The third kappa shape index (κ3) is 5.02. The fourth-order valence-corrected chi connectivity index (χ4v) is 2.72. The number of ether oxygens (including phenoxy) is 1. The van der Waals surface area contributed by atoms with Crippen molar-refractivity contribution in [1.82, 2.24) is 0 Å². The number of hydrogen-bond donors (Lipinski definition) is 1. The van der Waals surface area contributed by atoms with Crippen molar-refractivity contribution in [1.29, 1.82) is 0 Å². The van der Waals surface area contributed by atoms with Crippen molar-refractivity contribution in [3.63, 3.8) is 0 Å². The Labute approximate surface area is 141 Å². The zero-order valence-corrected chi connectivity index (χ0v) is 14.2. The van der Waals surface area contributed by atoms with Crippen LogP contribution in [0, 0.1) is 0 Å². The first-order valence-electron chi connectivity index (χ1n) is 6.91. The number of nitrogens with zero attached hydrogens (tertiary/aromatic N) is 1. The minimum Gasteiger partial charge on any atom is -0.497 e. The van der Waals surface area contributed by atoms with E-state index in [1.807, 2.05) is 41.8 Å². The Bertz CT molecular complexity index is 558.